The fourth-order valence-corrected chi connectivity index (χ4v) is 2.11. The van der Waals surface area contributed by atoms with Crippen LogP contribution in [0.25, 0.3) is 0 Å². The normalized spacial score (nSPS) is 10.1. The van der Waals surface area contributed by atoms with Crippen molar-refractivity contribution in [3.8, 4) is 11.5 Å². The Hall–Kier alpha value is -2.16. The molecule has 0 bridgehead atoms. The molecule has 2 aromatic rings. The summed E-state index contributed by atoms with van der Waals surface area (Å²) in [5.74, 6) is 1.67. The Morgan fingerprint density at radius 3 is 2.45 bits per heavy atom. The molecule has 0 radical (unpaired) electrons. The molecule has 0 fully saturated rings. The lowest BCUT2D eigenvalue weighted by molar-refractivity contribution is 0.404. The standard InChI is InChI=1S/C17H21NO2/c1-19-15-10-11-17(20-2)16(13-15)18-12-6-9-14-7-4-3-5-8-14/h3-5,7-8,10-11,13,18H,6,9,12H2,1-2H3. The van der Waals surface area contributed by atoms with Crippen molar-refractivity contribution >= 4 is 5.69 Å². The van der Waals surface area contributed by atoms with Crippen molar-refractivity contribution in [3.05, 3.63) is 54.1 Å². The fraction of sp³-hybridized carbons (Fsp3) is 0.294. The van der Waals surface area contributed by atoms with Crippen molar-refractivity contribution < 1.29 is 9.47 Å². The minimum absolute atomic E-state index is 0.830. The smallest absolute Gasteiger partial charge is 0.142 e. The van der Waals surface area contributed by atoms with E-state index in [9.17, 15) is 0 Å². The summed E-state index contributed by atoms with van der Waals surface area (Å²) in [6, 6.07) is 16.3. The topological polar surface area (TPSA) is 30.5 Å². The van der Waals surface area contributed by atoms with E-state index in [1.165, 1.54) is 5.56 Å². The van der Waals surface area contributed by atoms with Crippen LogP contribution in [0.15, 0.2) is 48.5 Å². The minimum atomic E-state index is 0.830. The number of rotatable bonds is 7. The SMILES string of the molecule is COc1ccc(OC)c(NCCCc2ccccc2)c1. The molecule has 0 aromatic heterocycles. The second-order valence-corrected chi connectivity index (χ2v) is 4.58. The molecule has 0 aliphatic rings. The highest BCUT2D eigenvalue weighted by Gasteiger charge is 2.04. The number of nitrogens with one attached hydrogen (secondary N) is 1. The van der Waals surface area contributed by atoms with Gasteiger partial charge in [-0.3, -0.25) is 0 Å². The van der Waals surface area contributed by atoms with Crippen LogP contribution in [-0.2, 0) is 6.42 Å². The maximum Gasteiger partial charge on any atom is 0.142 e. The van der Waals surface area contributed by atoms with E-state index in [2.05, 4.69) is 29.6 Å². The molecule has 0 amide bonds. The molecule has 0 aliphatic carbocycles. The van der Waals surface area contributed by atoms with E-state index < -0.39 is 0 Å². The lowest BCUT2D eigenvalue weighted by atomic mass is 10.1. The summed E-state index contributed by atoms with van der Waals surface area (Å²) < 4.78 is 10.6. The van der Waals surface area contributed by atoms with E-state index in [1.54, 1.807) is 14.2 Å². The second-order valence-electron chi connectivity index (χ2n) is 4.58. The van der Waals surface area contributed by atoms with Crippen LogP contribution in [0, 0.1) is 0 Å². The maximum absolute atomic E-state index is 5.34. The lowest BCUT2D eigenvalue weighted by Gasteiger charge is -2.12. The Labute approximate surface area is 120 Å². The summed E-state index contributed by atoms with van der Waals surface area (Å²) in [4.78, 5) is 0. The van der Waals surface area contributed by atoms with Crippen LogP contribution in [0.2, 0.25) is 0 Å². The molecule has 2 rings (SSSR count). The summed E-state index contributed by atoms with van der Waals surface area (Å²) in [5, 5.41) is 3.40. The van der Waals surface area contributed by atoms with Gasteiger partial charge in [-0.15, -0.1) is 0 Å². The van der Waals surface area contributed by atoms with Crippen molar-refractivity contribution in [1.82, 2.24) is 0 Å². The van der Waals surface area contributed by atoms with Gasteiger partial charge in [0.05, 0.1) is 19.9 Å². The Morgan fingerprint density at radius 1 is 0.950 bits per heavy atom. The van der Waals surface area contributed by atoms with Crippen molar-refractivity contribution in [2.75, 3.05) is 26.1 Å². The van der Waals surface area contributed by atoms with E-state index in [0.717, 1.165) is 36.6 Å². The summed E-state index contributed by atoms with van der Waals surface area (Å²) in [5.41, 5.74) is 2.34. The molecule has 0 spiro atoms. The summed E-state index contributed by atoms with van der Waals surface area (Å²) in [6.07, 6.45) is 2.14. The third-order valence-corrected chi connectivity index (χ3v) is 3.21. The first-order chi connectivity index (χ1) is 9.83. The maximum atomic E-state index is 5.34. The van der Waals surface area contributed by atoms with Gasteiger partial charge in [-0.25, -0.2) is 0 Å². The first kappa shape index (κ1) is 14.3. The number of anilines is 1. The predicted molar refractivity (Wildman–Crippen MR) is 82.8 cm³/mol. The van der Waals surface area contributed by atoms with Gasteiger partial charge in [0.25, 0.3) is 0 Å². The minimum Gasteiger partial charge on any atom is -0.497 e. The van der Waals surface area contributed by atoms with Crippen LogP contribution in [0.4, 0.5) is 5.69 Å². The number of ether oxygens (including phenoxy) is 2. The number of hydrogen-bond donors (Lipinski definition) is 1. The third kappa shape index (κ3) is 3.92. The molecule has 106 valence electrons. The van der Waals surface area contributed by atoms with E-state index in [1.807, 2.05) is 24.3 Å². The van der Waals surface area contributed by atoms with E-state index in [0.29, 0.717) is 0 Å². The number of hydrogen-bond acceptors (Lipinski definition) is 3. The van der Waals surface area contributed by atoms with Crippen LogP contribution in [0.1, 0.15) is 12.0 Å². The van der Waals surface area contributed by atoms with Gasteiger partial charge in [-0.1, -0.05) is 30.3 Å². The molecule has 3 heteroatoms. The molecule has 0 unspecified atom stereocenters. The van der Waals surface area contributed by atoms with Gasteiger partial charge in [0.15, 0.2) is 0 Å². The van der Waals surface area contributed by atoms with Crippen LogP contribution >= 0.6 is 0 Å². The zero-order chi connectivity index (χ0) is 14.2. The second kappa shape index (κ2) is 7.43. The molecule has 0 saturated carbocycles. The van der Waals surface area contributed by atoms with Gasteiger partial charge in [0, 0.05) is 12.6 Å². The van der Waals surface area contributed by atoms with Gasteiger partial charge >= 0.3 is 0 Å². The zero-order valence-electron chi connectivity index (χ0n) is 12.1. The van der Waals surface area contributed by atoms with Crippen molar-refractivity contribution in [2.45, 2.75) is 12.8 Å². The average molecular weight is 271 g/mol. The number of methoxy groups -OCH3 is 2. The van der Waals surface area contributed by atoms with Crippen LogP contribution < -0.4 is 14.8 Å². The van der Waals surface area contributed by atoms with Gasteiger partial charge in [-0.05, 0) is 30.5 Å². The lowest BCUT2D eigenvalue weighted by Crippen LogP contribution is -2.04. The number of benzene rings is 2. The Bertz CT molecular complexity index is 526. The fourth-order valence-electron chi connectivity index (χ4n) is 2.11. The monoisotopic (exact) mass is 271 g/mol. The van der Waals surface area contributed by atoms with Crippen molar-refractivity contribution in [1.29, 1.82) is 0 Å². The zero-order valence-corrected chi connectivity index (χ0v) is 12.1. The van der Waals surface area contributed by atoms with Crippen molar-refractivity contribution in [2.24, 2.45) is 0 Å². The summed E-state index contributed by atoms with van der Waals surface area (Å²) in [6.45, 7) is 0.901. The van der Waals surface area contributed by atoms with Crippen LogP contribution in [0.5, 0.6) is 11.5 Å². The van der Waals surface area contributed by atoms with Crippen LogP contribution in [-0.4, -0.2) is 20.8 Å². The van der Waals surface area contributed by atoms with E-state index in [4.69, 9.17) is 9.47 Å². The first-order valence-corrected chi connectivity index (χ1v) is 6.83. The average Bonchev–Trinajstić information content (AvgIpc) is 2.52. The third-order valence-electron chi connectivity index (χ3n) is 3.21. The predicted octanol–water partition coefficient (Wildman–Crippen LogP) is 3.75. The first-order valence-electron chi connectivity index (χ1n) is 6.83. The highest BCUT2D eigenvalue weighted by molar-refractivity contribution is 5.59. The molecule has 3 nitrogen and oxygen atoms in total. The molecular formula is C17H21NO2. The van der Waals surface area contributed by atoms with Gasteiger partial charge in [0.2, 0.25) is 0 Å². The summed E-state index contributed by atoms with van der Waals surface area (Å²) >= 11 is 0. The summed E-state index contributed by atoms with van der Waals surface area (Å²) in [7, 11) is 3.35. The Morgan fingerprint density at radius 2 is 1.75 bits per heavy atom. The molecule has 2 aromatic carbocycles. The van der Waals surface area contributed by atoms with Gasteiger partial charge < -0.3 is 14.8 Å². The Balaban J connectivity index is 1.87. The molecule has 0 atom stereocenters. The van der Waals surface area contributed by atoms with Crippen LogP contribution in [0.3, 0.4) is 0 Å². The molecule has 1 N–H and O–H groups in total. The largest absolute Gasteiger partial charge is 0.497 e. The van der Waals surface area contributed by atoms with Gasteiger partial charge in [-0.2, -0.15) is 0 Å². The molecule has 0 aliphatic heterocycles. The van der Waals surface area contributed by atoms with Crippen molar-refractivity contribution in [3.63, 3.8) is 0 Å². The highest BCUT2D eigenvalue weighted by atomic mass is 16.5. The molecular weight excluding hydrogens is 250 g/mol. The van der Waals surface area contributed by atoms with E-state index >= 15 is 0 Å². The Kier molecular flexibility index (Phi) is 5.30. The van der Waals surface area contributed by atoms with E-state index in [-0.39, 0.29) is 0 Å². The highest BCUT2D eigenvalue weighted by Crippen LogP contribution is 2.28. The van der Waals surface area contributed by atoms with Gasteiger partial charge in [0.1, 0.15) is 11.5 Å². The molecule has 20 heavy (non-hydrogen) atoms. The number of aryl methyl sites for hydroxylation is 1. The molecule has 0 saturated heterocycles. The quantitative estimate of drug-likeness (QED) is 0.778. The molecule has 0 heterocycles.